The Bertz CT molecular complexity index is 420. The quantitative estimate of drug-likeness (QED) is 0.791. The van der Waals surface area contributed by atoms with Crippen molar-refractivity contribution in [2.45, 2.75) is 13.8 Å². The van der Waals surface area contributed by atoms with Crippen LogP contribution in [0.3, 0.4) is 0 Å². The van der Waals surface area contributed by atoms with Gasteiger partial charge < -0.3 is 5.32 Å². The third kappa shape index (κ3) is 1.52. The molecule has 1 N–H and O–H groups in total. The van der Waals surface area contributed by atoms with Gasteiger partial charge in [-0.25, -0.2) is 0 Å². The molecule has 2 rings (SSSR count). The summed E-state index contributed by atoms with van der Waals surface area (Å²) in [5.74, 6) is 1.02. The highest BCUT2D eigenvalue weighted by atomic mass is 32.1. The second kappa shape index (κ2) is 3.34. The van der Waals surface area contributed by atoms with Crippen molar-refractivity contribution in [2.24, 2.45) is 0 Å². The van der Waals surface area contributed by atoms with Crippen molar-refractivity contribution >= 4 is 27.4 Å². The van der Waals surface area contributed by atoms with Crippen molar-refractivity contribution in [2.75, 3.05) is 11.9 Å². The number of hydrogen-bond donors (Lipinski definition) is 1. The first-order chi connectivity index (χ1) is 6.31. The Morgan fingerprint density at radius 3 is 3.08 bits per heavy atom. The zero-order valence-corrected chi connectivity index (χ0v) is 8.61. The molecule has 0 atom stereocenters. The smallest absolute Gasteiger partial charge is 0.147 e. The number of aromatic nitrogens is 1. The normalized spacial score (nSPS) is 10.6. The summed E-state index contributed by atoms with van der Waals surface area (Å²) >= 11 is 1.55. The molecule has 13 heavy (non-hydrogen) atoms. The molecule has 2 nitrogen and oxygen atoms in total. The summed E-state index contributed by atoms with van der Waals surface area (Å²) in [4.78, 5) is 0. The average molecular weight is 192 g/mol. The summed E-state index contributed by atoms with van der Waals surface area (Å²) in [6.45, 7) is 5.11. The van der Waals surface area contributed by atoms with E-state index in [2.05, 4.69) is 41.7 Å². The first-order valence-corrected chi connectivity index (χ1v) is 5.18. The van der Waals surface area contributed by atoms with Crippen molar-refractivity contribution in [3.63, 3.8) is 0 Å². The topological polar surface area (TPSA) is 24.9 Å². The first kappa shape index (κ1) is 8.51. The number of nitrogens with one attached hydrogen (secondary N) is 1. The number of rotatable bonds is 2. The third-order valence-electron chi connectivity index (χ3n) is 1.97. The Morgan fingerprint density at radius 1 is 1.46 bits per heavy atom. The van der Waals surface area contributed by atoms with E-state index in [1.807, 2.05) is 0 Å². The summed E-state index contributed by atoms with van der Waals surface area (Å²) in [7, 11) is 0. The molecule has 0 saturated carbocycles. The Labute approximate surface area is 81.8 Å². The Balaban J connectivity index is 2.58. The summed E-state index contributed by atoms with van der Waals surface area (Å²) in [5.41, 5.74) is 1.28. The highest BCUT2D eigenvalue weighted by molar-refractivity contribution is 7.13. The average Bonchev–Trinajstić information content (AvgIpc) is 2.49. The molecule has 0 unspecified atom stereocenters. The van der Waals surface area contributed by atoms with Crippen LogP contribution in [-0.4, -0.2) is 10.9 Å². The van der Waals surface area contributed by atoms with Crippen LogP contribution < -0.4 is 5.32 Å². The van der Waals surface area contributed by atoms with E-state index >= 15 is 0 Å². The van der Waals surface area contributed by atoms with Crippen molar-refractivity contribution in [1.29, 1.82) is 0 Å². The zero-order chi connectivity index (χ0) is 9.26. The van der Waals surface area contributed by atoms with E-state index in [0.29, 0.717) is 0 Å². The van der Waals surface area contributed by atoms with Crippen LogP contribution in [0.2, 0.25) is 0 Å². The van der Waals surface area contributed by atoms with Gasteiger partial charge >= 0.3 is 0 Å². The SMILES string of the molecule is CCNc1nsc2ccc(C)cc12. The van der Waals surface area contributed by atoms with Crippen molar-refractivity contribution < 1.29 is 0 Å². The van der Waals surface area contributed by atoms with E-state index in [4.69, 9.17) is 0 Å². The second-order valence-electron chi connectivity index (χ2n) is 3.06. The van der Waals surface area contributed by atoms with Crippen LogP contribution in [0.25, 0.3) is 10.1 Å². The Kier molecular flexibility index (Phi) is 2.19. The Morgan fingerprint density at radius 2 is 2.31 bits per heavy atom. The fraction of sp³-hybridized carbons (Fsp3) is 0.300. The van der Waals surface area contributed by atoms with Crippen molar-refractivity contribution in [1.82, 2.24) is 4.37 Å². The Hall–Kier alpha value is -1.09. The molecule has 68 valence electrons. The first-order valence-electron chi connectivity index (χ1n) is 4.41. The second-order valence-corrected chi connectivity index (χ2v) is 3.87. The van der Waals surface area contributed by atoms with E-state index < -0.39 is 0 Å². The molecule has 1 heterocycles. The molecule has 0 spiro atoms. The summed E-state index contributed by atoms with van der Waals surface area (Å²) in [5, 5.41) is 4.50. The lowest BCUT2D eigenvalue weighted by Crippen LogP contribution is -1.96. The minimum atomic E-state index is 0.923. The molecule has 2 aromatic rings. The number of fused-ring (bicyclic) bond motifs is 1. The van der Waals surface area contributed by atoms with E-state index in [9.17, 15) is 0 Å². The molecule has 3 heteroatoms. The van der Waals surface area contributed by atoms with Gasteiger partial charge in [-0.2, -0.15) is 4.37 Å². The van der Waals surface area contributed by atoms with Crippen LogP contribution in [0.4, 0.5) is 5.82 Å². The maximum absolute atomic E-state index is 4.36. The van der Waals surface area contributed by atoms with E-state index in [1.165, 1.54) is 15.6 Å². The summed E-state index contributed by atoms with van der Waals surface area (Å²) in [6.07, 6.45) is 0. The van der Waals surface area contributed by atoms with Gasteiger partial charge in [0, 0.05) is 11.9 Å². The van der Waals surface area contributed by atoms with Crippen molar-refractivity contribution in [3.8, 4) is 0 Å². The van der Waals surface area contributed by atoms with E-state index in [1.54, 1.807) is 11.5 Å². The van der Waals surface area contributed by atoms with Gasteiger partial charge in [0.1, 0.15) is 5.82 Å². The zero-order valence-electron chi connectivity index (χ0n) is 7.79. The van der Waals surface area contributed by atoms with E-state index in [-0.39, 0.29) is 0 Å². The predicted molar refractivity (Wildman–Crippen MR) is 58.5 cm³/mol. The van der Waals surface area contributed by atoms with Crippen molar-refractivity contribution in [3.05, 3.63) is 23.8 Å². The van der Waals surface area contributed by atoms with Gasteiger partial charge in [-0.15, -0.1) is 0 Å². The molecular weight excluding hydrogens is 180 g/mol. The molecule has 0 aliphatic rings. The molecule has 0 fully saturated rings. The maximum Gasteiger partial charge on any atom is 0.147 e. The fourth-order valence-corrected chi connectivity index (χ4v) is 2.08. The van der Waals surface area contributed by atoms with Gasteiger partial charge in [0.2, 0.25) is 0 Å². The summed E-state index contributed by atoms with van der Waals surface area (Å²) < 4.78 is 5.61. The predicted octanol–water partition coefficient (Wildman–Crippen LogP) is 3.04. The lowest BCUT2D eigenvalue weighted by molar-refractivity contribution is 1.20. The number of anilines is 1. The van der Waals surface area contributed by atoms with Crippen LogP contribution >= 0.6 is 11.5 Å². The molecular formula is C10H12N2S. The van der Waals surface area contributed by atoms with Crippen LogP contribution in [0.5, 0.6) is 0 Å². The molecule has 0 aliphatic carbocycles. The number of aryl methyl sites for hydroxylation is 1. The van der Waals surface area contributed by atoms with Gasteiger partial charge in [0.15, 0.2) is 0 Å². The largest absolute Gasteiger partial charge is 0.369 e. The molecule has 0 aliphatic heterocycles. The van der Waals surface area contributed by atoms with Gasteiger partial charge in [-0.1, -0.05) is 11.6 Å². The highest BCUT2D eigenvalue weighted by Crippen LogP contribution is 2.27. The molecule has 1 aromatic carbocycles. The van der Waals surface area contributed by atoms with Gasteiger partial charge in [0.05, 0.1) is 4.70 Å². The highest BCUT2D eigenvalue weighted by Gasteiger charge is 2.03. The number of benzene rings is 1. The minimum absolute atomic E-state index is 0.923. The number of nitrogens with zero attached hydrogens (tertiary/aromatic N) is 1. The molecule has 0 bridgehead atoms. The van der Waals surface area contributed by atoms with Gasteiger partial charge in [-0.3, -0.25) is 0 Å². The fourth-order valence-electron chi connectivity index (χ4n) is 1.35. The maximum atomic E-state index is 4.36. The third-order valence-corrected chi connectivity index (χ3v) is 2.80. The van der Waals surface area contributed by atoms with Crippen LogP contribution in [0.1, 0.15) is 12.5 Å². The lowest BCUT2D eigenvalue weighted by Gasteiger charge is -1.98. The summed E-state index contributed by atoms with van der Waals surface area (Å²) in [6, 6.07) is 6.43. The van der Waals surface area contributed by atoms with Crippen LogP contribution in [0.15, 0.2) is 18.2 Å². The molecule has 1 aromatic heterocycles. The van der Waals surface area contributed by atoms with Crippen LogP contribution in [0, 0.1) is 6.92 Å². The monoisotopic (exact) mass is 192 g/mol. The van der Waals surface area contributed by atoms with Crippen LogP contribution in [-0.2, 0) is 0 Å². The number of hydrogen-bond acceptors (Lipinski definition) is 3. The standard InChI is InChI=1S/C10H12N2S/c1-3-11-10-8-6-7(2)4-5-9(8)13-12-10/h4-6H,3H2,1-2H3,(H,11,12). The minimum Gasteiger partial charge on any atom is -0.369 e. The van der Waals surface area contributed by atoms with Gasteiger partial charge in [0.25, 0.3) is 0 Å². The molecule has 0 saturated heterocycles. The molecule has 0 amide bonds. The van der Waals surface area contributed by atoms with E-state index in [0.717, 1.165) is 12.4 Å². The van der Waals surface area contributed by atoms with Gasteiger partial charge in [-0.05, 0) is 37.5 Å². The lowest BCUT2D eigenvalue weighted by atomic mass is 10.2. The molecule has 0 radical (unpaired) electrons.